The number of rotatable bonds is 4. The second kappa shape index (κ2) is 7.11. The summed E-state index contributed by atoms with van der Waals surface area (Å²) in [6, 6.07) is 8.35. The molecule has 1 aliphatic rings. The lowest BCUT2D eigenvalue weighted by Gasteiger charge is -2.17. The lowest BCUT2D eigenvalue weighted by Crippen LogP contribution is -2.42. The zero-order valence-corrected chi connectivity index (χ0v) is 13.0. The molecule has 0 spiro atoms. The normalized spacial score (nSPS) is 14.3. The number of carbonyl (C=O) groups is 1. The SMILES string of the molecule is CCNC(=NCC(=O)N1CCc2ccccc21)NC(C)C. The fourth-order valence-corrected chi connectivity index (χ4v) is 2.42. The molecule has 114 valence electrons. The highest BCUT2D eigenvalue weighted by Crippen LogP contribution is 2.27. The van der Waals surface area contributed by atoms with Gasteiger partial charge in [-0.25, -0.2) is 4.99 Å². The summed E-state index contributed by atoms with van der Waals surface area (Å²) in [5.41, 5.74) is 2.27. The molecule has 2 rings (SSSR count). The summed E-state index contributed by atoms with van der Waals surface area (Å²) >= 11 is 0. The topological polar surface area (TPSA) is 56.7 Å². The second-order valence-corrected chi connectivity index (χ2v) is 5.42. The smallest absolute Gasteiger partial charge is 0.248 e. The third kappa shape index (κ3) is 3.97. The maximum atomic E-state index is 12.4. The number of guanidine groups is 1. The Morgan fingerprint density at radius 3 is 2.86 bits per heavy atom. The first-order valence-electron chi connectivity index (χ1n) is 7.55. The van der Waals surface area contributed by atoms with E-state index >= 15 is 0 Å². The Hall–Kier alpha value is -2.04. The monoisotopic (exact) mass is 288 g/mol. The van der Waals surface area contributed by atoms with Crippen LogP contribution in [0.2, 0.25) is 0 Å². The molecule has 0 atom stereocenters. The van der Waals surface area contributed by atoms with E-state index in [0.717, 1.165) is 25.2 Å². The van der Waals surface area contributed by atoms with E-state index in [1.54, 1.807) is 0 Å². The Morgan fingerprint density at radius 1 is 1.38 bits per heavy atom. The van der Waals surface area contributed by atoms with Crippen molar-refractivity contribution in [1.82, 2.24) is 10.6 Å². The largest absolute Gasteiger partial charge is 0.357 e. The van der Waals surface area contributed by atoms with E-state index < -0.39 is 0 Å². The molecule has 1 aromatic rings. The Bertz CT molecular complexity index is 525. The molecule has 5 heteroatoms. The summed E-state index contributed by atoms with van der Waals surface area (Å²) in [6.45, 7) is 7.80. The van der Waals surface area contributed by atoms with Crippen molar-refractivity contribution in [2.24, 2.45) is 4.99 Å². The average Bonchev–Trinajstić information content (AvgIpc) is 2.88. The molecule has 0 saturated heterocycles. The van der Waals surface area contributed by atoms with Gasteiger partial charge >= 0.3 is 0 Å². The van der Waals surface area contributed by atoms with Crippen LogP contribution in [0.25, 0.3) is 0 Å². The van der Waals surface area contributed by atoms with E-state index in [2.05, 4.69) is 21.7 Å². The lowest BCUT2D eigenvalue weighted by molar-refractivity contribution is -0.117. The molecule has 1 aliphatic heterocycles. The fraction of sp³-hybridized carbons (Fsp3) is 0.500. The first kappa shape index (κ1) is 15.4. The molecule has 1 aromatic carbocycles. The molecule has 21 heavy (non-hydrogen) atoms. The van der Waals surface area contributed by atoms with Gasteiger partial charge in [0.25, 0.3) is 0 Å². The molecule has 0 unspecified atom stereocenters. The molecule has 0 bridgehead atoms. The van der Waals surface area contributed by atoms with Crippen LogP contribution < -0.4 is 15.5 Å². The number of para-hydroxylation sites is 1. The molecule has 0 radical (unpaired) electrons. The van der Waals surface area contributed by atoms with Gasteiger partial charge in [-0.3, -0.25) is 4.79 Å². The van der Waals surface area contributed by atoms with Crippen molar-refractivity contribution in [1.29, 1.82) is 0 Å². The van der Waals surface area contributed by atoms with Crippen LogP contribution in [0.4, 0.5) is 5.69 Å². The second-order valence-electron chi connectivity index (χ2n) is 5.42. The molecule has 2 N–H and O–H groups in total. The predicted octanol–water partition coefficient (Wildman–Crippen LogP) is 1.54. The number of anilines is 1. The average molecular weight is 288 g/mol. The Balaban J connectivity index is 2.01. The van der Waals surface area contributed by atoms with Crippen molar-refractivity contribution in [2.75, 3.05) is 24.5 Å². The van der Waals surface area contributed by atoms with Gasteiger partial charge < -0.3 is 15.5 Å². The van der Waals surface area contributed by atoms with Crippen LogP contribution in [0.15, 0.2) is 29.3 Å². The van der Waals surface area contributed by atoms with Crippen molar-refractivity contribution in [2.45, 2.75) is 33.2 Å². The minimum absolute atomic E-state index is 0.0425. The van der Waals surface area contributed by atoms with Crippen molar-refractivity contribution in [3.05, 3.63) is 29.8 Å². The highest BCUT2D eigenvalue weighted by molar-refractivity contribution is 5.98. The van der Waals surface area contributed by atoms with Crippen LogP contribution >= 0.6 is 0 Å². The summed E-state index contributed by atoms with van der Waals surface area (Å²) in [7, 11) is 0. The molecule has 0 fully saturated rings. The first-order chi connectivity index (χ1) is 10.1. The van der Waals surface area contributed by atoms with Crippen LogP contribution in [0.3, 0.4) is 0 Å². The van der Waals surface area contributed by atoms with E-state index in [1.807, 2.05) is 43.9 Å². The van der Waals surface area contributed by atoms with Crippen molar-refractivity contribution in [3.63, 3.8) is 0 Å². The third-order valence-corrected chi connectivity index (χ3v) is 3.33. The summed E-state index contributed by atoms with van der Waals surface area (Å²) in [5, 5.41) is 6.36. The van der Waals surface area contributed by atoms with Gasteiger partial charge in [0.2, 0.25) is 5.91 Å². The number of nitrogens with one attached hydrogen (secondary N) is 2. The van der Waals surface area contributed by atoms with Gasteiger partial charge in [-0.05, 0) is 38.8 Å². The highest BCUT2D eigenvalue weighted by atomic mass is 16.2. The van der Waals surface area contributed by atoms with Crippen LogP contribution in [0.1, 0.15) is 26.3 Å². The first-order valence-corrected chi connectivity index (χ1v) is 7.55. The number of hydrogen-bond donors (Lipinski definition) is 2. The maximum Gasteiger partial charge on any atom is 0.248 e. The fourth-order valence-electron chi connectivity index (χ4n) is 2.42. The summed E-state index contributed by atoms with van der Waals surface area (Å²) in [5.74, 6) is 0.731. The van der Waals surface area contributed by atoms with E-state index in [4.69, 9.17) is 0 Å². The van der Waals surface area contributed by atoms with Gasteiger partial charge in [0.05, 0.1) is 0 Å². The van der Waals surface area contributed by atoms with Crippen molar-refractivity contribution >= 4 is 17.6 Å². The molecule has 1 heterocycles. The summed E-state index contributed by atoms with van der Waals surface area (Å²) < 4.78 is 0. The third-order valence-electron chi connectivity index (χ3n) is 3.33. The van der Waals surface area contributed by atoms with Gasteiger partial charge in [0, 0.05) is 24.8 Å². The standard InChI is InChI=1S/C16H24N4O/c1-4-17-16(19-12(2)3)18-11-15(21)20-10-9-13-7-5-6-8-14(13)20/h5-8,12H,4,9-11H2,1-3H3,(H2,17,18,19). The van der Waals surface area contributed by atoms with Gasteiger partial charge in [-0.2, -0.15) is 0 Å². The van der Waals surface area contributed by atoms with Gasteiger partial charge in [-0.1, -0.05) is 18.2 Å². The molecule has 5 nitrogen and oxygen atoms in total. The Morgan fingerprint density at radius 2 is 2.14 bits per heavy atom. The highest BCUT2D eigenvalue weighted by Gasteiger charge is 2.23. The quantitative estimate of drug-likeness (QED) is 0.653. The minimum Gasteiger partial charge on any atom is -0.357 e. The number of carbonyl (C=O) groups excluding carboxylic acids is 1. The molecular formula is C16H24N4O. The number of nitrogens with zero attached hydrogens (tertiary/aromatic N) is 2. The maximum absolute atomic E-state index is 12.4. The van der Waals surface area contributed by atoms with Crippen LogP contribution in [-0.4, -0.2) is 37.5 Å². The Kier molecular flexibility index (Phi) is 5.20. The van der Waals surface area contributed by atoms with E-state index in [-0.39, 0.29) is 18.5 Å². The van der Waals surface area contributed by atoms with Gasteiger partial charge in [0.15, 0.2) is 5.96 Å². The number of hydrogen-bond acceptors (Lipinski definition) is 2. The number of benzene rings is 1. The predicted molar refractivity (Wildman–Crippen MR) is 86.7 cm³/mol. The van der Waals surface area contributed by atoms with Gasteiger partial charge in [-0.15, -0.1) is 0 Å². The van der Waals surface area contributed by atoms with Crippen LogP contribution in [-0.2, 0) is 11.2 Å². The van der Waals surface area contributed by atoms with Crippen LogP contribution in [0.5, 0.6) is 0 Å². The number of aliphatic imine (C=N–C) groups is 1. The number of amides is 1. The minimum atomic E-state index is 0.0425. The lowest BCUT2D eigenvalue weighted by atomic mass is 10.2. The molecule has 0 aromatic heterocycles. The van der Waals surface area contributed by atoms with Crippen molar-refractivity contribution in [3.8, 4) is 0 Å². The summed E-state index contributed by atoms with van der Waals surface area (Å²) in [4.78, 5) is 18.6. The van der Waals surface area contributed by atoms with Crippen molar-refractivity contribution < 1.29 is 4.79 Å². The molecule has 1 amide bonds. The number of fused-ring (bicyclic) bond motifs is 1. The van der Waals surface area contributed by atoms with E-state index in [1.165, 1.54) is 5.56 Å². The van der Waals surface area contributed by atoms with Crippen LogP contribution in [0, 0.1) is 0 Å². The molecular weight excluding hydrogens is 264 g/mol. The molecule has 0 saturated carbocycles. The summed E-state index contributed by atoms with van der Waals surface area (Å²) in [6.07, 6.45) is 0.927. The zero-order valence-electron chi connectivity index (χ0n) is 13.0. The zero-order chi connectivity index (χ0) is 15.2. The van der Waals surface area contributed by atoms with E-state index in [9.17, 15) is 4.79 Å². The van der Waals surface area contributed by atoms with E-state index in [0.29, 0.717) is 5.96 Å². The Labute approximate surface area is 126 Å². The van der Waals surface area contributed by atoms with Gasteiger partial charge in [0.1, 0.15) is 6.54 Å². The molecule has 0 aliphatic carbocycles.